The van der Waals surface area contributed by atoms with E-state index in [1.807, 2.05) is 22.9 Å². The van der Waals surface area contributed by atoms with E-state index in [-0.39, 0.29) is 24.1 Å². The molecule has 0 bridgehead atoms. The quantitative estimate of drug-likeness (QED) is 0.442. The van der Waals surface area contributed by atoms with Crippen molar-refractivity contribution >= 4 is 35.0 Å². The van der Waals surface area contributed by atoms with E-state index in [2.05, 4.69) is 10.1 Å². The Bertz CT molecular complexity index is 922. The molecule has 0 spiro atoms. The number of hydrogen-bond donors (Lipinski definition) is 0. The number of amides is 1. The molecular formula is C18H17N3O4S2. The summed E-state index contributed by atoms with van der Waals surface area (Å²) in [5.74, 6) is 0.387. The van der Waals surface area contributed by atoms with E-state index in [0.717, 1.165) is 5.56 Å². The van der Waals surface area contributed by atoms with Crippen molar-refractivity contribution in [1.29, 1.82) is 0 Å². The van der Waals surface area contributed by atoms with Gasteiger partial charge in [0.2, 0.25) is 11.7 Å². The Kier molecular flexibility index (Phi) is 6.25. The van der Waals surface area contributed by atoms with Crippen LogP contribution in [0.25, 0.3) is 11.5 Å². The smallest absolute Gasteiger partial charge is 0.339 e. The second-order valence-corrected chi connectivity index (χ2v) is 7.47. The van der Waals surface area contributed by atoms with Gasteiger partial charge in [-0.25, -0.2) is 4.79 Å². The number of carbonyl (C=O) groups excluding carboxylic acids is 2. The number of hydrogen-bond acceptors (Lipinski definition) is 8. The van der Waals surface area contributed by atoms with Gasteiger partial charge in [0, 0.05) is 24.4 Å². The average Bonchev–Trinajstić information content (AvgIpc) is 3.35. The van der Waals surface area contributed by atoms with E-state index in [1.165, 1.54) is 28.0 Å². The number of benzene rings is 1. The fraction of sp³-hybridized carbons (Fsp3) is 0.222. The Morgan fingerprint density at radius 2 is 2.07 bits per heavy atom. The SMILES string of the molecule is CN(C)C(=O)CSc1ccccc1C(=O)OCc1noc(-c2ccsc2)n1. The van der Waals surface area contributed by atoms with Gasteiger partial charge in [-0.1, -0.05) is 17.3 Å². The maximum atomic E-state index is 12.4. The van der Waals surface area contributed by atoms with Crippen LogP contribution in [0.5, 0.6) is 0 Å². The summed E-state index contributed by atoms with van der Waals surface area (Å²) in [7, 11) is 3.39. The van der Waals surface area contributed by atoms with Gasteiger partial charge in [0.25, 0.3) is 5.89 Å². The van der Waals surface area contributed by atoms with Gasteiger partial charge in [0.15, 0.2) is 6.61 Å². The normalized spacial score (nSPS) is 10.6. The summed E-state index contributed by atoms with van der Waals surface area (Å²) in [5, 5.41) is 7.63. The third-order valence-electron chi connectivity index (χ3n) is 3.53. The standard InChI is InChI=1S/C18H17N3O4S2/c1-21(2)16(22)11-27-14-6-4-3-5-13(14)18(23)24-9-15-19-17(25-20-15)12-7-8-26-10-12/h3-8,10H,9,11H2,1-2H3. The number of rotatable bonds is 7. The Morgan fingerprint density at radius 1 is 1.26 bits per heavy atom. The first-order valence-corrected chi connectivity index (χ1v) is 9.91. The van der Waals surface area contributed by atoms with E-state index >= 15 is 0 Å². The number of aromatic nitrogens is 2. The van der Waals surface area contributed by atoms with Gasteiger partial charge in [-0.2, -0.15) is 16.3 Å². The molecular weight excluding hydrogens is 386 g/mol. The molecule has 0 unspecified atom stereocenters. The molecule has 3 rings (SSSR count). The highest BCUT2D eigenvalue weighted by atomic mass is 32.2. The Hall–Kier alpha value is -2.65. The van der Waals surface area contributed by atoms with Gasteiger partial charge < -0.3 is 14.2 Å². The molecule has 0 fully saturated rings. The number of esters is 1. The van der Waals surface area contributed by atoms with Crippen LogP contribution in [0, 0.1) is 0 Å². The zero-order valence-electron chi connectivity index (χ0n) is 14.7. The molecule has 140 valence electrons. The number of carbonyl (C=O) groups is 2. The highest BCUT2D eigenvalue weighted by molar-refractivity contribution is 8.00. The van der Waals surface area contributed by atoms with Crippen LogP contribution in [0.15, 0.2) is 50.5 Å². The van der Waals surface area contributed by atoms with Gasteiger partial charge in [-0.05, 0) is 23.6 Å². The summed E-state index contributed by atoms with van der Waals surface area (Å²) in [6.07, 6.45) is 0. The number of thiophene rings is 1. The van der Waals surface area contributed by atoms with E-state index in [1.54, 1.807) is 32.3 Å². The highest BCUT2D eigenvalue weighted by Gasteiger charge is 2.16. The van der Waals surface area contributed by atoms with Crippen LogP contribution >= 0.6 is 23.1 Å². The molecule has 0 radical (unpaired) electrons. The number of ether oxygens (including phenoxy) is 1. The molecule has 0 aliphatic carbocycles. The van der Waals surface area contributed by atoms with Gasteiger partial charge in [0.1, 0.15) is 0 Å². The predicted molar refractivity (Wildman–Crippen MR) is 103 cm³/mol. The van der Waals surface area contributed by atoms with Crippen molar-refractivity contribution in [3.63, 3.8) is 0 Å². The maximum absolute atomic E-state index is 12.4. The molecule has 1 aromatic carbocycles. The van der Waals surface area contributed by atoms with Gasteiger partial charge >= 0.3 is 5.97 Å². The number of thioether (sulfide) groups is 1. The lowest BCUT2D eigenvalue weighted by molar-refractivity contribution is -0.125. The van der Waals surface area contributed by atoms with E-state index < -0.39 is 5.97 Å². The first-order valence-electron chi connectivity index (χ1n) is 7.99. The minimum atomic E-state index is -0.503. The van der Waals surface area contributed by atoms with Crippen molar-refractivity contribution in [3.8, 4) is 11.5 Å². The maximum Gasteiger partial charge on any atom is 0.339 e. The van der Waals surface area contributed by atoms with E-state index in [9.17, 15) is 9.59 Å². The minimum Gasteiger partial charge on any atom is -0.454 e. The second kappa shape index (κ2) is 8.83. The van der Waals surface area contributed by atoms with Crippen LogP contribution in [0.3, 0.4) is 0 Å². The molecule has 0 aliphatic heterocycles. The lowest BCUT2D eigenvalue weighted by Gasteiger charge is -2.11. The van der Waals surface area contributed by atoms with Crippen LogP contribution in [0.2, 0.25) is 0 Å². The average molecular weight is 403 g/mol. The molecule has 1 amide bonds. The van der Waals surface area contributed by atoms with Crippen LogP contribution in [0.4, 0.5) is 0 Å². The highest BCUT2D eigenvalue weighted by Crippen LogP contribution is 2.24. The molecule has 0 saturated heterocycles. The summed E-state index contributed by atoms with van der Waals surface area (Å²) in [4.78, 5) is 30.6. The first kappa shape index (κ1) is 19.1. The molecule has 0 atom stereocenters. The van der Waals surface area contributed by atoms with Crippen LogP contribution in [0.1, 0.15) is 16.2 Å². The fourth-order valence-electron chi connectivity index (χ4n) is 2.05. The zero-order valence-corrected chi connectivity index (χ0v) is 16.4. The molecule has 7 nitrogen and oxygen atoms in total. The molecule has 0 aliphatic rings. The van der Waals surface area contributed by atoms with Crippen LogP contribution < -0.4 is 0 Å². The Morgan fingerprint density at radius 3 is 2.81 bits per heavy atom. The third-order valence-corrected chi connectivity index (χ3v) is 5.27. The predicted octanol–water partition coefficient (Wildman–Crippen LogP) is 3.34. The third kappa shape index (κ3) is 4.95. The lowest BCUT2D eigenvalue weighted by atomic mass is 10.2. The minimum absolute atomic E-state index is 0.0315. The van der Waals surface area contributed by atoms with Crippen molar-refractivity contribution in [2.45, 2.75) is 11.5 Å². The second-order valence-electron chi connectivity index (χ2n) is 5.68. The van der Waals surface area contributed by atoms with Crippen molar-refractivity contribution < 1.29 is 18.8 Å². The summed E-state index contributed by atoms with van der Waals surface area (Å²) in [6, 6.07) is 8.88. The van der Waals surface area contributed by atoms with Crippen molar-refractivity contribution in [1.82, 2.24) is 15.0 Å². The van der Waals surface area contributed by atoms with E-state index in [0.29, 0.717) is 16.3 Å². The van der Waals surface area contributed by atoms with Crippen molar-refractivity contribution in [3.05, 3.63) is 52.5 Å². The molecule has 0 saturated carbocycles. The van der Waals surface area contributed by atoms with Crippen molar-refractivity contribution in [2.24, 2.45) is 0 Å². The largest absolute Gasteiger partial charge is 0.454 e. The summed E-state index contributed by atoms with van der Waals surface area (Å²) < 4.78 is 10.5. The zero-order chi connectivity index (χ0) is 19.2. The monoisotopic (exact) mass is 403 g/mol. The van der Waals surface area contributed by atoms with Gasteiger partial charge in [-0.3, -0.25) is 4.79 Å². The Labute approximate surface area is 164 Å². The number of nitrogens with zero attached hydrogens (tertiary/aromatic N) is 3. The molecule has 9 heteroatoms. The van der Waals surface area contributed by atoms with Crippen molar-refractivity contribution in [2.75, 3.05) is 19.8 Å². The summed E-state index contributed by atoms with van der Waals surface area (Å²) >= 11 is 2.82. The summed E-state index contributed by atoms with van der Waals surface area (Å²) in [6.45, 7) is -0.0951. The van der Waals surface area contributed by atoms with Crippen LogP contribution in [-0.2, 0) is 16.1 Å². The molecule has 2 aromatic heterocycles. The molecule has 27 heavy (non-hydrogen) atoms. The van der Waals surface area contributed by atoms with Gasteiger partial charge in [-0.15, -0.1) is 11.8 Å². The summed E-state index contributed by atoms with van der Waals surface area (Å²) in [5.41, 5.74) is 1.23. The topological polar surface area (TPSA) is 85.5 Å². The Balaban J connectivity index is 1.62. The van der Waals surface area contributed by atoms with Crippen LogP contribution in [-0.4, -0.2) is 46.8 Å². The fourth-order valence-corrected chi connectivity index (χ4v) is 3.70. The molecule has 3 aromatic rings. The lowest BCUT2D eigenvalue weighted by Crippen LogP contribution is -2.23. The molecule has 2 heterocycles. The molecule has 0 N–H and O–H groups in total. The van der Waals surface area contributed by atoms with E-state index in [4.69, 9.17) is 9.26 Å². The first-order chi connectivity index (χ1) is 13.0. The van der Waals surface area contributed by atoms with Gasteiger partial charge in [0.05, 0.1) is 16.9 Å².